The van der Waals surface area contributed by atoms with Gasteiger partial charge in [-0.15, -0.1) is 0 Å². The summed E-state index contributed by atoms with van der Waals surface area (Å²) in [5.41, 5.74) is 3.67. The highest BCUT2D eigenvalue weighted by Gasteiger charge is 2.27. The number of aryl methyl sites for hydroxylation is 1. The van der Waals surface area contributed by atoms with Crippen molar-refractivity contribution in [3.8, 4) is 11.5 Å². The van der Waals surface area contributed by atoms with Gasteiger partial charge in [-0.05, 0) is 61.8 Å². The van der Waals surface area contributed by atoms with Crippen molar-refractivity contribution in [3.63, 3.8) is 0 Å². The molecule has 1 N–H and O–H groups in total. The molecule has 0 bridgehead atoms. The fraction of sp³-hybridized carbons (Fsp3) is 0.364. The summed E-state index contributed by atoms with van der Waals surface area (Å²) in [4.78, 5) is 4.47. The van der Waals surface area contributed by atoms with Gasteiger partial charge in [-0.2, -0.15) is 5.10 Å². The van der Waals surface area contributed by atoms with Gasteiger partial charge in [0.15, 0.2) is 11.4 Å². The number of benzene rings is 1. The Labute approximate surface area is 157 Å². The van der Waals surface area contributed by atoms with Crippen LogP contribution < -0.4 is 0 Å². The maximum atomic E-state index is 9.13. The molecule has 1 aromatic carbocycles. The Morgan fingerprint density at radius 1 is 1.11 bits per heavy atom. The molecule has 27 heavy (non-hydrogen) atoms. The number of aromatic nitrogens is 3. The number of nitrogens with zero attached hydrogens (tertiary/aromatic N) is 3. The van der Waals surface area contributed by atoms with Crippen LogP contribution in [0.4, 0.5) is 0 Å². The third-order valence-corrected chi connectivity index (χ3v) is 5.73. The first kappa shape index (κ1) is 16.5. The smallest absolute Gasteiger partial charge is 0.155 e. The van der Waals surface area contributed by atoms with Gasteiger partial charge in [-0.3, -0.25) is 0 Å². The second kappa shape index (κ2) is 6.82. The summed E-state index contributed by atoms with van der Waals surface area (Å²) in [6, 6.07) is 14.2. The lowest BCUT2D eigenvalue weighted by atomic mass is 9.73. The summed E-state index contributed by atoms with van der Waals surface area (Å²) in [5, 5.41) is 15.0. The summed E-state index contributed by atoms with van der Waals surface area (Å²) in [5.74, 6) is 2.12. The van der Waals surface area contributed by atoms with Crippen LogP contribution in [0.15, 0.2) is 53.1 Å². The largest absolute Gasteiger partial charge is 0.454 e. The summed E-state index contributed by atoms with van der Waals surface area (Å²) in [7, 11) is 0. The van der Waals surface area contributed by atoms with E-state index in [1.807, 2.05) is 47.1 Å². The molecule has 1 aliphatic rings. The first-order valence-electron chi connectivity index (χ1n) is 9.73. The molecule has 3 aromatic heterocycles. The van der Waals surface area contributed by atoms with Crippen molar-refractivity contribution >= 4 is 16.6 Å². The van der Waals surface area contributed by atoms with Crippen LogP contribution >= 0.6 is 0 Å². The van der Waals surface area contributed by atoms with E-state index >= 15 is 0 Å². The number of rotatable bonds is 6. The van der Waals surface area contributed by atoms with Crippen molar-refractivity contribution in [2.45, 2.75) is 32.1 Å². The van der Waals surface area contributed by atoms with E-state index in [0.29, 0.717) is 12.5 Å². The summed E-state index contributed by atoms with van der Waals surface area (Å²) >= 11 is 0. The Hall–Kier alpha value is -2.66. The molecule has 1 fully saturated rings. The highest BCUT2D eigenvalue weighted by molar-refractivity contribution is 5.82. The zero-order valence-electron chi connectivity index (χ0n) is 15.2. The predicted octanol–water partition coefficient (Wildman–Crippen LogP) is 4.48. The number of fused-ring (bicyclic) bond motifs is 2. The number of imidazole rings is 1. The standard InChI is InChI=1S/C22H23N3O2/c26-14-16-10-15(11-16)4-3-6-18-8-9-22-23-13-19(25(22)24-18)21-12-17-5-1-2-7-20(17)27-21/h1-2,5,7-9,12-13,15-16,26H,3-4,6,10-11,14H2. The van der Waals surface area contributed by atoms with E-state index in [4.69, 9.17) is 14.6 Å². The lowest BCUT2D eigenvalue weighted by Gasteiger charge is -2.34. The molecule has 0 atom stereocenters. The van der Waals surface area contributed by atoms with Gasteiger partial charge >= 0.3 is 0 Å². The minimum atomic E-state index is 0.347. The quantitative estimate of drug-likeness (QED) is 0.550. The van der Waals surface area contributed by atoms with Crippen LogP contribution in [-0.2, 0) is 6.42 Å². The second-order valence-corrected chi connectivity index (χ2v) is 7.66. The lowest BCUT2D eigenvalue weighted by Crippen LogP contribution is -2.26. The maximum absolute atomic E-state index is 9.13. The summed E-state index contributed by atoms with van der Waals surface area (Å²) in [6.45, 7) is 0.347. The van der Waals surface area contributed by atoms with Crippen LogP contribution in [0.5, 0.6) is 0 Å². The van der Waals surface area contributed by atoms with E-state index in [-0.39, 0.29) is 0 Å². The van der Waals surface area contributed by atoms with E-state index in [1.165, 1.54) is 19.3 Å². The minimum absolute atomic E-state index is 0.347. The third kappa shape index (κ3) is 3.12. The number of furan rings is 1. The zero-order chi connectivity index (χ0) is 18.2. The van der Waals surface area contributed by atoms with Gasteiger partial charge in [-0.25, -0.2) is 9.50 Å². The SMILES string of the molecule is OCC1CC(CCCc2ccc3ncc(-c4cc5ccccc5o4)n3n2)C1. The summed E-state index contributed by atoms with van der Waals surface area (Å²) < 4.78 is 7.88. The van der Waals surface area contributed by atoms with Gasteiger partial charge in [0.2, 0.25) is 0 Å². The Morgan fingerprint density at radius 2 is 2.00 bits per heavy atom. The van der Waals surface area contributed by atoms with Crippen molar-refractivity contribution in [1.29, 1.82) is 0 Å². The number of hydrogen-bond donors (Lipinski definition) is 1. The van der Waals surface area contributed by atoms with Crippen LogP contribution in [0.25, 0.3) is 28.1 Å². The van der Waals surface area contributed by atoms with Crippen molar-refractivity contribution in [2.24, 2.45) is 11.8 Å². The van der Waals surface area contributed by atoms with Gasteiger partial charge < -0.3 is 9.52 Å². The van der Waals surface area contributed by atoms with E-state index < -0.39 is 0 Å². The molecular formula is C22H23N3O2. The highest BCUT2D eigenvalue weighted by Crippen LogP contribution is 2.36. The molecule has 3 heterocycles. The van der Waals surface area contributed by atoms with E-state index in [0.717, 1.165) is 52.5 Å². The maximum Gasteiger partial charge on any atom is 0.155 e. The van der Waals surface area contributed by atoms with Crippen molar-refractivity contribution in [2.75, 3.05) is 6.61 Å². The molecule has 1 saturated carbocycles. The Morgan fingerprint density at radius 3 is 2.85 bits per heavy atom. The Bertz CT molecular complexity index is 1040. The average molecular weight is 361 g/mol. The van der Waals surface area contributed by atoms with Crippen LogP contribution in [0.1, 0.15) is 31.4 Å². The fourth-order valence-electron chi connectivity index (χ4n) is 4.15. The molecule has 138 valence electrons. The number of hydrogen-bond acceptors (Lipinski definition) is 4. The molecule has 0 unspecified atom stereocenters. The van der Waals surface area contributed by atoms with Crippen molar-refractivity contribution in [1.82, 2.24) is 14.6 Å². The normalized spacial score (nSPS) is 19.6. The molecule has 5 rings (SSSR count). The zero-order valence-corrected chi connectivity index (χ0v) is 15.2. The average Bonchev–Trinajstić information content (AvgIpc) is 3.26. The minimum Gasteiger partial charge on any atom is -0.454 e. The number of aliphatic hydroxyl groups is 1. The van der Waals surface area contributed by atoms with Gasteiger partial charge in [0.05, 0.1) is 11.9 Å². The molecule has 5 heteroatoms. The van der Waals surface area contributed by atoms with Crippen LogP contribution in [0, 0.1) is 11.8 Å². The monoisotopic (exact) mass is 361 g/mol. The van der Waals surface area contributed by atoms with Gasteiger partial charge in [0, 0.05) is 12.0 Å². The molecule has 0 radical (unpaired) electrons. The van der Waals surface area contributed by atoms with Gasteiger partial charge in [0.25, 0.3) is 0 Å². The van der Waals surface area contributed by atoms with Gasteiger partial charge in [0.1, 0.15) is 11.3 Å². The topological polar surface area (TPSA) is 63.6 Å². The van der Waals surface area contributed by atoms with Crippen molar-refractivity contribution < 1.29 is 9.52 Å². The van der Waals surface area contributed by atoms with E-state index in [1.54, 1.807) is 0 Å². The highest BCUT2D eigenvalue weighted by atomic mass is 16.3. The van der Waals surface area contributed by atoms with Crippen LogP contribution in [-0.4, -0.2) is 26.3 Å². The molecule has 5 nitrogen and oxygen atoms in total. The lowest BCUT2D eigenvalue weighted by molar-refractivity contribution is 0.101. The predicted molar refractivity (Wildman–Crippen MR) is 104 cm³/mol. The first-order chi connectivity index (χ1) is 13.3. The third-order valence-electron chi connectivity index (χ3n) is 5.73. The first-order valence-corrected chi connectivity index (χ1v) is 9.73. The molecule has 0 saturated heterocycles. The van der Waals surface area contributed by atoms with E-state index in [9.17, 15) is 0 Å². The van der Waals surface area contributed by atoms with Crippen LogP contribution in [0.2, 0.25) is 0 Å². The molecule has 0 amide bonds. The molecular weight excluding hydrogens is 338 g/mol. The molecule has 1 aliphatic carbocycles. The van der Waals surface area contributed by atoms with Gasteiger partial charge in [-0.1, -0.05) is 24.6 Å². The molecule has 4 aromatic rings. The van der Waals surface area contributed by atoms with Crippen molar-refractivity contribution in [3.05, 3.63) is 54.4 Å². The fourth-order valence-corrected chi connectivity index (χ4v) is 4.15. The number of aliphatic hydroxyl groups excluding tert-OH is 1. The molecule has 0 aliphatic heterocycles. The number of para-hydroxylation sites is 1. The Balaban J connectivity index is 1.34. The molecule has 0 spiro atoms. The second-order valence-electron chi connectivity index (χ2n) is 7.66. The summed E-state index contributed by atoms with van der Waals surface area (Å²) in [6.07, 6.45) is 7.51. The Kier molecular flexibility index (Phi) is 4.17. The van der Waals surface area contributed by atoms with Crippen LogP contribution in [0.3, 0.4) is 0 Å². The van der Waals surface area contributed by atoms with E-state index in [2.05, 4.69) is 11.1 Å².